The van der Waals surface area contributed by atoms with Crippen molar-refractivity contribution in [1.29, 1.82) is 0 Å². The van der Waals surface area contributed by atoms with Gasteiger partial charge in [0.15, 0.2) is 0 Å². The number of pyridine rings is 1. The highest BCUT2D eigenvalue weighted by Crippen LogP contribution is 2.08. The highest BCUT2D eigenvalue weighted by Gasteiger charge is 2.07. The van der Waals surface area contributed by atoms with Gasteiger partial charge in [-0.1, -0.05) is 15.9 Å². The largest absolute Gasteiger partial charge is 0.481 e. The molecular formula is C8H11BrN2O3S. The molecule has 5 nitrogen and oxygen atoms in total. The monoisotopic (exact) mass is 294 g/mol. The van der Waals surface area contributed by atoms with E-state index in [1.165, 1.54) is 7.11 Å². The van der Waals surface area contributed by atoms with Crippen LogP contribution in [0.15, 0.2) is 18.3 Å². The molecule has 0 radical (unpaired) electrons. The van der Waals surface area contributed by atoms with Crippen LogP contribution < -0.4 is 9.46 Å². The second kappa shape index (κ2) is 5.43. The molecule has 1 aromatic heterocycles. The van der Waals surface area contributed by atoms with Crippen LogP contribution >= 0.6 is 15.9 Å². The van der Waals surface area contributed by atoms with Crippen molar-refractivity contribution >= 4 is 26.0 Å². The molecule has 0 aliphatic rings. The number of hydrogen-bond donors (Lipinski definition) is 1. The number of ether oxygens (including phenoxy) is 1. The average molecular weight is 295 g/mol. The number of sulfonamides is 1. The summed E-state index contributed by atoms with van der Waals surface area (Å²) in [6, 6.07) is 3.40. The summed E-state index contributed by atoms with van der Waals surface area (Å²) < 4.78 is 29.5. The zero-order chi connectivity index (χ0) is 11.3. The second-order valence-electron chi connectivity index (χ2n) is 2.75. The van der Waals surface area contributed by atoms with E-state index in [2.05, 4.69) is 25.6 Å². The van der Waals surface area contributed by atoms with Gasteiger partial charge < -0.3 is 4.74 Å². The first-order chi connectivity index (χ1) is 7.07. The number of nitrogens with zero attached hydrogens (tertiary/aromatic N) is 1. The highest BCUT2D eigenvalue weighted by molar-refractivity contribution is 9.10. The number of hydrogen-bond acceptors (Lipinski definition) is 4. The summed E-state index contributed by atoms with van der Waals surface area (Å²) in [6.45, 7) is 0.229. The van der Waals surface area contributed by atoms with E-state index in [0.717, 1.165) is 5.56 Å². The molecule has 0 atom stereocenters. The number of halogens is 1. The summed E-state index contributed by atoms with van der Waals surface area (Å²) in [5, 5.41) is 0. The Morgan fingerprint density at radius 3 is 2.93 bits per heavy atom. The van der Waals surface area contributed by atoms with Gasteiger partial charge in [0.2, 0.25) is 15.9 Å². The normalized spacial score (nSPS) is 11.3. The molecule has 0 saturated heterocycles. The minimum absolute atomic E-state index is 0.109. The Hall–Kier alpha value is -0.660. The van der Waals surface area contributed by atoms with Crippen LogP contribution in [0.25, 0.3) is 0 Å². The Morgan fingerprint density at radius 2 is 2.33 bits per heavy atom. The van der Waals surface area contributed by atoms with Crippen LogP contribution in [0.1, 0.15) is 5.56 Å². The van der Waals surface area contributed by atoms with Crippen LogP contribution in [0.3, 0.4) is 0 Å². The van der Waals surface area contributed by atoms with E-state index >= 15 is 0 Å². The van der Waals surface area contributed by atoms with Gasteiger partial charge >= 0.3 is 0 Å². The lowest BCUT2D eigenvalue weighted by molar-refractivity contribution is 0.397. The van der Waals surface area contributed by atoms with Gasteiger partial charge in [-0.3, -0.25) is 0 Å². The maximum Gasteiger partial charge on any atom is 0.221 e. The van der Waals surface area contributed by atoms with E-state index < -0.39 is 10.0 Å². The molecule has 7 heteroatoms. The van der Waals surface area contributed by atoms with Crippen molar-refractivity contribution in [3.63, 3.8) is 0 Å². The minimum Gasteiger partial charge on any atom is -0.481 e. The first kappa shape index (κ1) is 12.4. The fourth-order valence-electron chi connectivity index (χ4n) is 0.904. The molecule has 15 heavy (non-hydrogen) atoms. The van der Waals surface area contributed by atoms with Crippen LogP contribution in [0.2, 0.25) is 0 Å². The van der Waals surface area contributed by atoms with Gasteiger partial charge in [0, 0.05) is 18.8 Å². The minimum atomic E-state index is -3.23. The smallest absolute Gasteiger partial charge is 0.221 e. The van der Waals surface area contributed by atoms with Gasteiger partial charge in [-0.25, -0.2) is 18.1 Å². The Kier molecular flexibility index (Phi) is 4.49. The van der Waals surface area contributed by atoms with Gasteiger partial charge in [0.05, 0.1) is 7.11 Å². The zero-order valence-electron chi connectivity index (χ0n) is 8.10. The molecule has 1 aromatic rings. The summed E-state index contributed by atoms with van der Waals surface area (Å²) in [6.07, 6.45) is 1.57. The summed E-state index contributed by atoms with van der Waals surface area (Å²) in [5.74, 6) is 0.463. The van der Waals surface area contributed by atoms with Crippen molar-refractivity contribution in [2.45, 2.75) is 6.54 Å². The quantitative estimate of drug-likeness (QED) is 0.818. The van der Waals surface area contributed by atoms with Crippen molar-refractivity contribution in [2.75, 3.05) is 11.8 Å². The lowest BCUT2D eigenvalue weighted by Crippen LogP contribution is -2.23. The van der Waals surface area contributed by atoms with E-state index in [4.69, 9.17) is 4.74 Å². The maximum atomic E-state index is 11.1. The van der Waals surface area contributed by atoms with Crippen molar-refractivity contribution in [3.05, 3.63) is 23.9 Å². The lowest BCUT2D eigenvalue weighted by Gasteiger charge is -2.05. The molecule has 0 aliphatic carbocycles. The fraction of sp³-hybridized carbons (Fsp3) is 0.375. The molecule has 1 heterocycles. The van der Waals surface area contributed by atoms with E-state index in [9.17, 15) is 8.42 Å². The molecule has 0 spiro atoms. The molecular weight excluding hydrogens is 284 g/mol. The Labute approximate surface area is 97.0 Å². The first-order valence-corrected chi connectivity index (χ1v) is 6.87. The van der Waals surface area contributed by atoms with Crippen LogP contribution in [0, 0.1) is 0 Å². The predicted molar refractivity (Wildman–Crippen MR) is 60.3 cm³/mol. The SMILES string of the molecule is COc1cc(CNS(=O)(=O)CBr)ccn1. The molecule has 0 aliphatic heterocycles. The lowest BCUT2D eigenvalue weighted by atomic mass is 10.3. The van der Waals surface area contributed by atoms with E-state index in [1.807, 2.05) is 0 Å². The van der Waals surface area contributed by atoms with Crippen LogP contribution in [0.4, 0.5) is 0 Å². The molecule has 0 unspecified atom stereocenters. The standard InChI is InChI=1S/C8H11BrN2O3S/c1-14-8-4-7(2-3-10-8)5-11-15(12,13)6-9/h2-4,11H,5-6H2,1H3. The number of methoxy groups -OCH3 is 1. The van der Waals surface area contributed by atoms with Crippen LogP contribution in [-0.2, 0) is 16.6 Å². The van der Waals surface area contributed by atoms with Crippen LogP contribution in [-0.4, -0.2) is 25.2 Å². The third-order valence-electron chi connectivity index (χ3n) is 1.65. The second-order valence-corrected chi connectivity index (χ2v) is 5.86. The topological polar surface area (TPSA) is 68.3 Å². The summed E-state index contributed by atoms with van der Waals surface area (Å²) >= 11 is 2.89. The van der Waals surface area contributed by atoms with Gasteiger partial charge in [-0.2, -0.15) is 0 Å². The third kappa shape index (κ3) is 4.15. The van der Waals surface area contributed by atoms with Crippen molar-refractivity contribution in [3.8, 4) is 5.88 Å². The van der Waals surface area contributed by atoms with Gasteiger partial charge in [-0.15, -0.1) is 0 Å². The van der Waals surface area contributed by atoms with Gasteiger partial charge in [0.1, 0.15) is 4.66 Å². The predicted octanol–water partition coefficient (Wildman–Crippen LogP) is 0.862. The third-order valence-corrected chi connectivity index (χ3v) is 4.33. The molecule has 0 amide bonds. The average Bonchev–Trinajstić information content (AvgIpc) is 2.27. The Balaban J connectivity index is 2.65. The van der Waals surface area contributed by atoms with Crippen molar-refractivity contribution < 1.29 is 13.2 Å². The van der Waals surface area contributed by atoms with Crippen molar-refractivity contribution in [2.24, 2.45) is 0 Å². The summed E-state index contributed by atoms with van der Waals surface area (Å²) in [7, 11) is -1.72. The first-order valence-electron chi connectivity index (χ1n) is 4.09. The fourth-order valence-corrected chi connectivity index (χ4v) is 1.85. The van der Waals surface area contributed by atoms with E-state index in [-0.39, 0.29) is 11.2 Å². The van der Waals surface area contributed by atoms with Crippen LogP contribution in [0.5, 0.6) is 5.88 Å². The zero-order valence-corrected chi connectivity index (χ0v) is 10.5. The van der Waals surface area contributed by atoms with Gasteiger partial charge in [-0.05, 0) is 11.6 Å². The summed E-state index contributed by atoms with van der Waals surface area (Å²) in [4.78, 5) is 3.91. The number of rotatable bonds is 5. The maximum absolute atomic E-state index is 11.1. The molecule has 84 valence electrons. The summed E-state index contributed by atoms with van der Waals surface area (Å²) in [5.41, 5.74) is 0.798. The molecule has 0 bridgehead atoms. The Morgan fingerprint density at radius 1 is 1.60 bits per heavy atom. The molecule has 0 aromatic carbocycles. The molecule has 1 rings (SSSR count). The molecule has 0 fully saturated rings. The molecule has 1 N–H and O–H groups in total. The molecule has 0 saturated carbocycles. The van der Waals surface area contributed by atoms with E-state index in [1.54, 1.807) is 18.3 Å². The van der Waals surface area contributed by atoms with Crippen molar-refractivity contribution in [1.82, 2.24) is 9.71 Å². The Bertz CT molecular complexity index is 422. The van der Waals surface area contributed by atoms with Gasteiger partial charge in [0.25, 0.3) is 0 Å². The number of aromatic nitrogens is 1. The number of alkyl halides is 1. The van der Waals surface area contributed by atoms with E-state index in [0.29, 0.717) is 5.88 Å². The highest BCUT2D eigenvalue weighted by atomic mass is 79.9. The number of nitrogens with one attached hydrogen (secondary N) is 1.